The highest BCUT2D eigenvalue weighted by Crippen LogP contribution is 2.25. The minimum absolute atomic E-state index is 0.133. The number of benzene rings is 2. The molecular weight excluding hydrogens is 468 g/mol. The van der Waals surface area contributed by atoms with Gasteiger partial charge in [0.25, 0.3) is 0 Å². The Bertz CT molecular complexity index is 885. The van der Waals surface area contributed by atoms with Gasteiger partial charge in [-0.25, -0.2) is 8.42 Å². The standard InChI is InChI=1S/C26H40N2O6S/c1-5-27(6-2)17-21(29)19-33-23-9-13-25(14-10-23)35(31,32)26-15-11-24(12-16-26)34-20-22(30)18-28(7-3)8-4/h9-16,21-22,29-30H,5-8,17-20H2,1-4H3/t21-,22+. The summed E-state index contributed by atoms with van der Waals surface area (Å²) in [6, 6.07) is 12.3. The summed E-state index contributed by atoms with van der Waals surface area (Å²) in [7, 11) is -3.70. The Labute approximate surface area is 210 Å². The average Bonchev–Trinajstić information content (AvgIpc) is 2.88. The summed E-state index contributed by atoms with van der Waals surface area (Å²) < 4.78 is 37.2. The number of hydrogen-bond donors (Lipinski definition) is 2. The second-order valence-electron chi connectivity index (χ2n) is 8.35. The van der Waals surface area contributed by atoms with Crippen LogP contribution in [0.1, 0.15) is 27.7 Å². The van der Waals surface area contributed by atoms with E-state index in [0.717, 1.165) is 26.2 Å². The van der Waals surface area contributed by atoms with Gasteiger partial charge < -0.3 is 29.5 Å². The Morgan fingerprint density at radius 3 is 1.26 bits per heavy atom. The lowest BCUT2D eigenvalue weighted by atomic mass is 10.3. The first-order valence-electron chi connectivity index (χ1n) is 12.2. The highest BCUT2D eigenvalue weighted by atomic mass is 32.2. The van der Waals surface area contributed by atoms with Crippen LogP contribution in [-0.2, 0) is 9.84 Å². The van der Waals surface area contributed by atoms with Crippen molar-refractivity contribution in [3.05, 3.63) is 48.5 Å². The monoisotopic (exact) mass is 508 g/mol. The number of sulfone groups is 1. The molecule has 0 radical (unpaired) electrons. The summed E-state index contributed by atoms with van der Waals surface area (Å²) in [6.45, 7) is 12.9. The number of ether oxygens (including phenoxy) is 2. The second kappa shape index (κ2) is 14.4. The van der Waals surface area contributed by atoms with E-state index in [1.54, 1.807) is 24.3 Å². The number of aliphatic hydroxyl groups is 2. The maximum absolute atomic E-state index is 13.0. The lowest BCUT2D eigenvalue weighted by Crippen LogP contribution is -2.35. The van der Waals surface area contributed by atoms with Crippen LogP contribution in [0.3, 0.4) is 0 Å². The molecule has 2 N–H and O–H groups in total. The van der Waals surface area contributed by atoms with Crippen molar-refractivity contribution in [1.29, 1.82) is 0 Å². The number of rotatable bonds is 16. The Morgan fingerprint density at radius 1 is 0.657 bits per heavy atom. The molecule has 196 valence electrons. The van der Waals surface area contributed by atoms with Gasteiger partial charge in [0, 0.05) is 13.1 Å². The van der Waals surface area contributed by atoms with Gasteiger partial charge >= 0.3 is 0 Å². The van der Waals surface area contributed by atoms with Crippen LogP contribution < -0.4 is 9.47 Å². The molecule has 0 aromatic heterocycles. The molecule has 0 aliphatic rings. The van der Waals surface area contributed by atoms with E-state index in [1.165, 1.54) is 24.3 Å². The van der Waals surface area contributed by atoms with Gasteiger partial charge in [0.15, 0.2) is 0 Å². The molecule has 0 spiro atoms. The summed E-state index contributed by atoms with van der Waals surface area (Å²) in [6.07, 6.45) is -1.25. The number of nitrogens with zero attached hydrogens (tertiary/aromatic N) is 2. The SMILES string of the molecule is CCN(CC)C[C@H](O)COc1ccc(S(=O)(=O)c2ccc(OC[C@H](O)CN(CC)CC)cc2)cc1. The summed E-state index contributed by atoms with van der Waals surface area (Å²) in [5.41, 5.74) is 0. The molecule has 0 amide bonds. The fraction of sp³-hybridized carbons (Fsp3) is 0.538. The fourth-order valence-electron chi connectivity index (χ4n) is 3.62. The second-order valence-corrected chi connectivity index (χ2v) is 10.3. The lowest BCUT2D eigenvalue weighted by molar-refractivity contribution is 0.0715. The molecule has 0 unspecified atom stereocenters. The molecule has 2 rings (SSSR count). The Balaban J connectivity index is 1.93. The normalized spacial score (nSPS) is 13.7. The van der Waals surface area contributed by atoms with E-state index in [4.69, 9.17) is 9.47 Å². The third-order valence-electron chi connectivity index (χ3n) is 5.88. The number of likely N-dealkylation sites (N-methyl/N-ethyl adjacent to an activating group) is 2. The van der Waals surface area contributed by atoms with E-state index in [0.29, 0.717) is 24.6 Å². The van der Waals surface area contributed by atoms with Crippen LogP contribution in [0.2, 0.25) is 0 Å². The summed E-state index contributed by atoms with van der Waals surface area (Å²) in [5, 5.41) is 20.3. The number of aliphatic hydroxyl groups excluding tert-OH is 2. The molecule has 0 saturated carbocycles. The van der Waals surface area contributed by atoms with Crippen LogP contribution in [0, 0.1) is 0 Å². The quantitative estimate of drug-likeness (QED) is 0.357. The first-order valence-corrected chi connectivity index (χ1v) is 13.7. The van der Waals surface area contributed by atoms with E-state index >= 15 is 0 Å². The largest absolute Gasteiger partial charge is 0.491 e. The molecule has 2 aromatic carbocycles. The van der Waals surface area contributed by atoms with Crippen molar-refractivity contribution in [1.82, 2.24) is 9.80 Å². The van der Waals surface area contributed by atoms with Crippen LogP contribution in [0.15, 0.2) is 58.3 Å². The van der Waals surface area contributed by atoms with Crippen LogP contribution in [-0.4, -0.2) is 93.1 Å². The molecule has 0 bridgehead atoms. The zero-order valence-electron chi connectivity index (χ0n) is 21.3. The van der Waals surface area contributed by atoms with Crippen LogP contribution >= 0.6 is 0 Å². The summed E-state index contributed by atoms with van der Waals surface area (Å²) in [5.74, 6) is 0.990. The van der Waals surface area contributed by atoms with Gasteiger partial charge in [-0.2, -0.15) is 0 Å². The first kappa shape index (κ1) is 29.1. The Kier molecular flexibility index (Phi) is 12.0. The van der Waals surface area contributed by atoms with Gasteiger partial charge in [0.1, 0.15) is 36.9 Å². The number of hydrogen-bond acceptors (Lipinski definition) is 8. The van der Waals surface area contributed by atoms with Gasteiger partial charge in [-0.05, 0) is 74.7 Å². The van der Waals surface area contributed by atoms with Crippen molar-refractivity contribution in [2.24, 2.45) is 0 Å². The molecule has 35 heavy (non-hydrogen) atoms. The van der Waals surface area contributed by atoms with E-state index < -0.39 is 22.0 Å². The van der Waals surface area contributed by atoms with Gasteiger partial charge in [-0.1, -0.05) is 27.7 Å². The minimum Gasteiger partial charge on any atom is -0.491 e. The van der Waals surface area contributed by atoms with Crippen molar-refractivity contribution >= 4 is 9.84 Å². The molecule has 0 saturated heterocycles. The molecule has 0 aliphatic heterocycles. The van der Waals surface area contributed by atoms with Crippen molar-refractivity contribution in [2.75, 3.05) is 52.5 Å². The maximum Gasteiger partial charge on any atom is 0.206 e. The third-order valence-corrected chi connectivity index (χ3v) is 7.67. The molecule has 2 atom stereocenters. The first-order chi connectivity index (χ1) is 16.7. The van der Waals surface area contributed by atoms with Gasteiger partial charge in [-0.15, -0.1) is 0 Å². The van der Waals surface area contributed by atoms with Gasteiger partial charge in [0.2, 0.25) is 9.84 Å². The molecule has 8 nitrogen and oxygen atoms in total. The van der Waals surface area contributed by atoms with Crippen molar-refractivity contribution in [3.8, 4) is 11.5 Å². The molecular formula is C26H40N2O6S. The molecule has 9 heteroatoms. The Hall–Kier alpha value is -2.17. The molecule has 0 fully saturated rings. The Morgan fingerprint density at radius 2 is 0.971 bits per heavy atom. The van der Waals surface area contributed by atoms with Crippen molar-refractivity contribution < 1.29 is 28.1 Å². The van der Waals surface area contributed by atoms with Crippen molar-refractivity contribution in [3.63, 3.8) is 0 Å². The van der Waals surface area contributed by atoms with Gasteiger partial charge in [0.05, 0.1) is 9.79 Å². The average molecular weight is 509 g/mol. The highest BCUT2D eigenvalue weighted by Gasteiger charge is 2.18. The van der Waals surface area contributed by atoms with E-state index in [-0.39, 0.29) is 23.0 Å². The molecule has 2 aromatic rings. The molecule has 0 aliphatic carbocycles. The van der Waals surface area contributed by atoms with E-state index in [9.17, 15) is 18.6 Å². The maximum atomic E-state index is 13.0. The van der Waals surface area contributed by atoms with Crippen LogP contribution in [0.4, 0.5) is 0 Å². The summed E-state index contributed by atoms with van der Waals surface area (Å²) >= 11 is 0. The van der Waals surface area contributed by atoms with E-state index in [1.807, 2.05) is 27.7 Å². The van der Waals surface area contributed by atoms with Crippen LogP contribution in [0.25, 0.3) is 0 Å². The minimum atomic E-state index is -3.70. The van der Waals surface area contributed by atoms with E-state index in [2.05, 4.69) is 9.80 Å². The third kappa shape index (κ3) is 9.09. The lowest BCUT2D eigenvalue weighted by Gasteiger charge is -2.22. The van der Waals surface area contributed by atoms with Crippen molar-refractivity contribution in [2.45, 2.75) is 49.7 Å². The highest BCUT2D eigenvalue weighted by molar-refractivity contribution is 7.91. The smallest absolute Gasteiger partial charge is 0.206 e. The predicted molar refractivity (Wildman–Crippen MR) is 137 cm³/mol. The molecule has 0 heterocycles. The predicted octanol–water partition coefficient (Wildman–Crippen LogP) is 2.68. The zero-order chi connectivity index (χ0) is 25.8. The summed E-state index contributed by atoms with van der Waals surface area (Å²) in [4.78, 5) is 4.51. The fourth-order valence-corrected chi connectivity index (χ4v) is 4.88. The van der Waals surface area contributed by atoms with Crippen LogP contribution in [0.5, 0.6) is 11.5 Å². The topological polar surface area (TPSA) is 99.5 Å². The van der Waals surface area contributed by atoms with Gasteiger partial charge in [-0.3, -0.25) is 0 Å². The zero-order valence-corrected chi connectivity index (χ0v) is 22.1.